The standard InChI is InChI=1S/C38H26N4O/c1-2-11-32-35(39)34-29(18-10-19-31(34)43-32)37-40-36(24-13-4-3-5-14-24)41-38(42-37)30-22-25-15-7-8-16-26(25)28-21-20-23-12-6-9-17-27(23)33(28)30/h2-22H,39H2,1H3/b11-2-. The van der Waals surface area contributed by atoms with E-state index >= 15 is 0 Å². The highest BCUT2D eigenvalue weighted by Crippen LogP contribution is 2.40. The molecular weight excluding hydrogens is 528 g/mol. The molecule has 0 radical (unpaired) electrons. The second-order valence-corrected chi connectivity index (χ2v) is 10.6. The van der Waals surface area contributed by atoms with Crippen LogP contribution in [0.25, 0.3) is 83.5 Å². The molecule has 5 nitrogen and oxygen atoms in total. The van der Waals surface area contributed by atoms with Crippen molar-refractivity contribution in [3.05, 3.63) is 127 Å². The number of fused-ring (bicyclic) bond motifs is 6. The Labute approximate surface area is 248 Å². The molecule has 6 aromatic carbocycles. The smallest absolute Gasteiger partial charge is 0.164 e. The summed E-state index contributed by atoms with van der Waals surface area (Å²) in [5.41, 5.74) is 10.6. The van der Waals surface area contributed by atoms with Gasteiger partial charge in [-0.3, -0.25) is 0 Å². The zero-order valence-corrected chi connectivity index (χ0v) is 23.5. The summed E-state index contributed by atoms with van der Waals surface area (Å²) in [6, 6.07) is 39.4. The molecule has 43 heavy (non-hydrogen) atoms. The van der Waals surface area contributed by atoms with E-state index in [9.17, 15) is 0 Å². The number of nitrogen functional groups attached to an aromatic ring is 1. The predicted molar refractivity (Wildman–Crippen MR) is 178 cm³/mol. The number of hydrogen-bond donors (Lipinski definition) is 1. The van der Waals surface area contributed by atoms with Crippen molar-refractivity contribution < 1.29 is 4.42 Å². The van der Waals surface area contributed by atoms with Gasteiger partial charge >= 0.3 is 0 Å². The first-order valence-electron chi connectivity index (χ1n) is 14.3. The van der Waals surface area contributed by atoms with E-state index in [2.05, 4.69) is 66.7 Å². The Morgan fingerprint density at radius 1 is 0.581 bits per heavy atom. The molecule has 0 saturated carbocycles. The zero-order chi connectivity index (χ0) is 28.9. The summed E-state index contributed by atoms with van der Waals surface area (Å²) in [5.74, 6) is 2.35. The zero-order valence-electron chi connectivity index (χ0n) is 23.5. The Hall–Kier alpha value is -5.81. The number of benzene rings is 6. The van der Waals surface area contributed by atoms with Gasteiger partial charge in [0.15, 0.2) is 23.2 Å². The van der Waals surface area contributed by atoms with E-state index in [-0.39, 0.29) is 0 Å². The van der Waals surface area contributed by atoms with Crippen LogP contribution in [0.2, 0.25) is 0 Å². The lowest BCUT2D eigenvalue weighted by Gasteiger charge is -2.14. The number of aromatic nitrogens is 3. The molecule has 2 heterocycles. The fraction of sp³-hybridized carbons (Fsp3) is 0.0263. The van der Waals surface area contributed by atoms with E-state index < -0.39 is 0 Å². The Kier molecular flexibility index (Phi) is 5.76. The molecule has 0 unspecified atom stereocenters. The van der Waals surface area contributed by atoms with Crippen LogP contribution in [0, 0.1) is 0 Å². The number of rotatable bonds is 4. The number of allylic oxidation sites excluding steroid dienone is 1. The van der Waals surface area contributed by atoms with E-state index in [1.54, 1.807) is 0 Å². The maximum atomic E-state index is 6.64. The minimum atomic E-state index is 0.538. The van der Waals surface area contributed by atoms with Crippen LogP contribution in [-0.4, -0.2) is 15.0 Å². The molecule has 0 aliphatic rings. The number of furan rings is 1. The second-order valence-electron chi connectivity index (χ2n) is 10.6. The van der Waals surface area contributed by atoms with E-state index in [0.29, 0.717) is 34.5 Å². The van der Waals surface area contributed by atoms with Gasteiger partial charge in [0.05, 0.1) is 11.1 Å². The van der Waals surface area contributed by atoms with Crippen LogP contribution in [0.1, 0.15) is 12.7 Å². The van der Waals surface area contributed by atoms with Gasteiger partial charge in [-0.25, -0.2) is 15.0 Å². The molecule has 5 heteroatoms. The minimum Gasteiger partial charge on any atom is -0.454 e. The number of nitrogens with two attached hydrogens (primary N) is 1. The van der Waals surface area contributed by atoms with E-state index in [1.807, 2.05) is 67.6 Å². The molecule has 0 saturated heterocycles. The third kappa shape index (κ3) is 4.05. The van der Waals surface area contributed by atoms with E-state index in [1.165, 1.54) is 5.39 Å². The Morgan fingerprint density at radius 2 is 1.28 bits per heavy atom. The molecule has 204 valence electrons. The van der Waals surface area contributed by atoms with Crippen molar-refractivity contribution in [1.82, 2.24) is 15.0 Å². The van der Waals surface area contributed by atoms with Crippen LogP contribution >= 0.6 is 0 Å². The lowest BCUT2D eigenvalue weighted by atomic mass is 9.92. The lowest BCUT2D eigenvalue weighted by molar-refractivity contribution is 0.606. The van der Waals surface area contributed by atoms with Gasteiger partial charge in [-0.05, 0) is 52.1 Å². The van der Waals surface area contributed by atoms with Gasteiger partial charge in [0.25, 0.3) is 0 Å². The molecule has 2 aromatic heterocycles. The van der Waals surface area contributed by atoms with Crippen LogP contribution < -0.4 is 5.73 Å². The van der Waals surface area contributed by atoms with Gasteiger partial charge in [0.1, 0.15) is 5.58 Å². The van der Waals surface area contributed by atoms with Gasteiger partial charge in [-0.1, -0.05) is 109 Å². The van der Waals surface area contributed by atoms with Gasteiger partial charge in [-0.15, -0.1) is 0 Å². The Balaban J connectivity index is 1.49. The van der Waals surface area contributed by atoms with Crippen LogP contribution in [0.5, 0.6) is 0 Å². The molecular formula is C38H26N4O. The van der Waals surface area contributed by atoms with Crippen molar-refractivity contribution in [2.24, 2.45) is 0 Å². The number of hydrogen-bond acceptors (Lipinski definition) is 5. The third-order valence-corrected chi connectivity index (χ3v) is 8.00. The molecule has 0 spiro atoms. The highest BCUT2D eigenvalue weighted by atomic mass is 16.3. The number of anilines is 1. The summed E-state index contributed by atoms with van der Waals surface area (Å²) in [5, 5.41) is 7.70. The van der Waals surface area contributed by atoms with Crippen LogP contribution in [-0.2, 0) is 0 Å². The molecule has 8 rings (SSSR count). The molecule has 0 fully saturated rings. The highest BCUT2D eigenvalue weighted by Gasteiger charge is 2.20. The molecule has 0 amide bonds. The second kappa shape index (κ2) is 9.93. The first-order valence-corrected chi connectivity index (χ1v) is 14.3. The maximum absolute atomic E-state index is 6.64. The fourth-order valence-electron chi connectivity index (χ4n) is 6.04. The molecule has 0 aliphatic heterocycles. The maximum Gasteiger partial charge on any atom is 0.164 e. The van der Waals surface area contributed by atoms with Crippen molar-refractivity contribution in [1.29, 1.82) is 0 Å². The third-order valence-electron chi connectivity index (χ3n) is 8.00. The predicted octanol–water partition coefficient (Wildman–Crippen LogP) is 9.69. The Bertz CT molecular complexity index is 2370. The Morgan fingerprint density at radius 3 is 2.09 bits per heavy atom. The van der Waals surface area contributed by atoms with Gasteiger partial charge < -0.3 is 10.2 Å². The quantitative estimate of drug-likeness (QED) is 0.219. The minimum absolute atomic E-state index is 0.538. The summed E-state index contributed by atoms with van der Waals surface area (Å²) in [4.78, 5) is 15.3. The van der Waals surface area contributed by atoms with E-state index in [0.717, 1.165) is 49.0 Å². The lowest BCUT2D eigenvalue weighted by Crippen LogP contribution is -2.01. The van der Waals surface area contributed by atoms with Crippen molar-refractivity contribution in [2.45, 2.75) is 6.92 Å². The fourth-order valence-corrected chi connectivity index (χ4v) is 6.04. The van der Waals surface area contributed by atoms with Gasteiger partial charge in [-0.2, -0.15) is 0 Å². The summed E-state index contributed by atoms with van der Waals surface area (Å²) < 4.78 is 6.10. The average Bonchev–Trinajstić information content (AvgIpc) is 3.39. The number of nitrogens with zero attached hydrogens (tertiary/aromatic N) is 3. The highest BCUT2D eigenvalue weighted by molar-refractivity contribution is 6.22. The molecule has 8 aromatic rings. The molecule has 0 bridgehead atoms. The van der Waals surface area contributed by atoms with Crippen molar-refractivity contribution in [3.63, 3.8) is 0 Å². The van der Waals surface area contributed by atoms with Gasteiger partial charge in [0.2, 0.25) is 0 Å². The SMILES string of the molecule is C/C=C\c1oc2cccc(-c3nc(-c4ccccc4)nc(-c4cc5ccccc5c5ccc6ccccc6c45)n3)c2c1N. The summed E-state index contributed by atoms with van der Waals surface area (Å²) >= 11 is 0. The summed E-state index contributed by atoms with van der Waals surface area (Å²) in [6.07, 6.45) is 3.79. The summed E-state index contributed by atoms with van der Waals surface area (Å²) in [7, 11) is 0. The average molecular weight is 555 g/mol. The van der Waals surface area contributed by atoms with Gasteiger partial charge in [0, 0.05) is 22.1 Å². The monoisotopic (exact) mass is 554 g/mol. The normalized spacial score (nSPS) is 11.8. The molecule has 0 aliphatic carbocycles. The van der Waals surface area contributed by atoms with E-state index in [4.69, 9.17) is 25.1 Å². The van der Waals surface area contributed by atoms with Crippen LogP contribution in [0.15, 0.2) is 126 Å². The molecule has 0 atom stereocenters. The molecule has 2 N–H and O–H groups in total. The first-order chi connectivity index (χ1) is 21.2. The van der Waals surface area contributed by atoms with Crippen LogP contribution in [0.4, 0.5) is 5.69 Å². The summed E-state index contributed by atoms with van der Waals surface area (Å²) in [6.45, 7) is 1.94. The van der Waals surface area contributed by atoms with Crippen molar-refractivity contribution >= 4 is 55.0 Å². The van der Waals surface area contributed by atoms with Crippen molar-refractivity contribution in [3.8, 4) is 34.2 Å². The largest absolute Gasteiger partial charge is 0.454 e. The first kappa shape index (κ1) is 24.9. The van der Waals surface area contributed by atoms with Crippen LogP contribution in [0.3, 0.4) is 0 Å². The van der Waals surface area contributed by atoms with Crippen molar-refractivity contribution in [2.75, 3.05) is 5.73 Å². The topological polar surface area (TPSA) is 77.8 Å².